The van der Waals surface area contributed by atoms with Gasteiger partial charge < -0.3 is 19.7 Å². The Morgan fingerprint density at radius 3 is 2.96 bits per heavy atom. The molecule has 7 nitrogen and oxygen atoms in total. The van der Waals surface area contributed by atoms with Gasteiger partial charge in [0.1, 0.15) is 12.4 Å². The molecule has 7 heteroatoms. The van der Waals surface area contributed by atoms with E-state index in [2.05, 4.69) is 16.5 Å². The van der Waals surface area contributed by atoms with Gasteiger partial charge in [-0.05, 0) is 29.8 Å². The molecule has 1 saturated heterocycles. The van der Waals surface area contributed by atoms with Crippen molar-refractivity contribution in [1.29, 1.82) is 0 Å². The van der Waals surface area contributed by atoms with E-state index in [1.807, 2.05) is 25.4 Å². The third-order valence-electron chi connectivity index (χ3n) is 3.75. The second kappa shape index (κ2) is 7.83. The fourth-order valence-corrected chi connectivity index (χ4v) is 2.48. The number of urea groups is 1. The summed E-state index contributed by atoms with van der Waals surface area (Å²) < 4.78 is 12.7. The highest BCUT2D eigenvalue weighted by Gasteiger charge is 2.15. The van der Waals surface area contributed by atoms with Gasteiger partial charge >= 0.3 is 6.03 Å². The quantitative estimate of drug-likeness (QED) is 0.840. The summed E-state index contributed by atoms with van der Waals surface area (Å²) in [4.78, 5) is 13.7. The van der Waals surface area contributed by atoms with E-state index in [0.717, 1.165) is 16.9 Å². The van der Waals surface area contributed by atoms with Crippen molar-refractivity contribution in [2.24, 2.45) is 7.05 Å². The van der Waals surface area contributed by atoms with E-state index >= 15 is 0 Å². The molecule has 0 atom stereocenters. The molecule has 1 fully saturated rings. The summed E-state index contributed by atoms with van der Waals surface area (Å²) in [6, 6.07) is 8.61. The lowest BCUT2D eigenvalue weighted by molar-refractivity contribution is 0.0530. The van der Waals surface area contributed by atoms with Crippen LogP contribution in [0.25, 0.3) is 11.1 Å². The molecular weight excluding hydrogens is 308 g/mol. The first-order chi connectivity index (χ1) is 11.7. The van der Waals surface area contributed by atoms with Crippen LogP contribution >= 0.6 is 0 Å². The molecule has 1 aromatic carbocycles. The van der Waals surface area contributed by atoms with Crippen molar-refractivity contribution in [2.75, 3.05) is 39.5 Å². The molecule has 3 rings (SSSR count). The molecule has 1 aliphatic rings. The van der Waals surface area contributed by atoms with E-state index in [9.17, 15) is 4.79 Å². The molecule has 0 bridgehead atoms. The lowest BCUT2D eigenvalue weighted by Gasteiger charge is -2.26. The number of amides is 2. The first kappa shape index (κ1) is 16.3. The highest BCUT2D eigenvalue weighted by Crippen LogP contribution is 2.22. The van der Waals surface area contributed by atoms with E-state index < -0.39 is 0 Å². The Morgan fingerprint density at radius 1 is 1.38 bits per heavy atom. The van der Waals surface area contributed by atoms with Crippen molar-refractivity contribution < 1.29 is 14.3 Å². The Bertz CT molecular complexity index is 680. The van der Waals surface area contributed by atoms with E-state index in [4.69, 9.17) is 9.47 Å². The number of benzene rings is 1. The van der Waals surface area contributed by atoms with Crippen LogP contribution in [0.15, 0.2) is 30.6 Å². The highest BCUT2D eigenvalue weighted by atomic mass is 16.5. The summed E-state index contributed by atoms with van der Waals surface area (Å²) in [5, 5.41) is 7.02. The molecule has 1 N–H and O–H groups in total. The number of ether oxygens (including phenoxy) is 2. The predicted molar refractivity (Wildman–Crippen MR) is 88.8 cm³/mol. The molecule has 0 aliphatic carbocycles. The SMILES string of the molecule is Cn1cc(-c2c[c]cc(OCCNC(=O)N3CCOCC3)c2)cn1. The van der Waals surface area contributed by atoms with Gasteiger partial charge in [-0.1, -0.05) is 0 Å². The van der Waals surface area contributed by atoms with Crippen LogP contribution in [0.1, 0.15) is 0 Å². The van der Waals surface area contributed by atoms with E-state index in [1.54, 1.807) is 21.8 Å². The van der Waals surface area contributed by atoms with Gasteiger partial charge in [0.15, 0.2) is 0 Å². The average molecular weight is 329 g/mol. The van der Waals surface area contributed by atoms with Crippen molar-refractivity contribution >= 4 is 6.03 Å². The average Bonchev–Trinajstić information content (AvgIpc) is 3.06. The van der Waals surface area contributed by atoms with Gasteiger partial charge in [-0.25, -0.2) is 4.79 Å². The van der Waals surface area contributed by atoms with Crippen molar-refractivity contribution in [3.63, 3.8) is 0 Å². The van der Waals surface area contributed by atoms with E-state index in [1.165, 1.54) is 0 Å². The van der Waals surface area contributed by atoms with Crippen LogP contribution in [-0.4, -0.2) is 60.2 Å². The molecule has 0 unspecified atom stereocenters. The van der Waals surface area contributed by atoms with Crippen molar-refractivity contribution in [1.82, 2.24) is 20.0 Å². The first-order valence-corrected chi connectivity index (χ1v) is 7.96. The fourth-order valence-electron chi connectivity index (χ4n) is 2.48. The molecular formula is C17H21N4O3. The molecule has 24 heavy (non-hydrogen) atoms. The summed E-state index contributed by atoms with van der Waals surface area (Å²) in [5.41, 5.74) is 2.01. The number of rotatable bonds is 5. The van der Waals surface area contributed by atoms with Gasteiger partial charge in [0, 0.05) is 31.9 Å². The molecule has 1 aliphatic heterocycles. The molecule has 2 heterocycles. The van der Waals surface area contributed by atoms with Crippen LogP contribution in [0.2, 0.25) is 0 Å². The van der Waals surface area contributed by atoms with E-state index in [0.29, 0.717) is 39.5 Å². The number of nitrogens with zero attached hydrogens (tertiary/aromatic N) is 3. The van der Waals surface area contributed by atoms with Gasteiger partial charge in [0.2, 0.25) is 0 Å². The minimum Gasteiger partial charge on any atom is -0.492 e. The summed E-state index contributed by atoms with van der Waals surface area (Å²) in [5.74, 6) is 0.719. The van der Waals surface area contributed by atoms with Crippen LogP contribution in [0.5, 0.6) is 5.75 Å². The van der Waals surface area contributed by atoms with Crippen LogP contribution in [0.3, 0.4) is 0 Å². The minimum atomic E-state index is -0.0717. The molecule has 2 aromatic rings. The zero-order chi connectivity index (χ0) is 16.8. The maximum absolute atomic E-state index is 11.9. The third kappa shape index (κ3) is 4.26. The molecule has 0 spiro atoms. The van der Waals surface area contributed by atoms with E-state index in [-0.39, 0.29) is 6.03 Å². The highest BCUT2D eigenvalue weighted by molar-refractivity contribution is 5.74. The van der Waals surface area contributed by atoms with Crippen molar-refractivity contribution in [3.05, 3.63) is 36.7 Å². The summed E-state index contributed by atoms with van der Waals surface area (Å²) in [7, 11) is 1.88. The van der Waals surface area contributed by atoms with Gasteiger partial charge in [0.05, 0.1) is 26.0 Å². The Balaban J connectivity index is 1.46. The van der Waals surface area contributed by atoms with Gasteiger partial charge in [-0.15, -0.1) is 0 Å². The second-order valence-electron chi connectivity index (χ2n) is 5.54. The van der Waals surface area contributed by atoms with Gasteiger partial charge in [-0.2, -0.15) is 5.10 Å². The van der Waals surface area contributed by atoms with Crippen LogP contribution in [0.4, 0.5) is 4.79 Å². The number of carbonyl (C=O) groups is 1. The van der Waals surface area contributed by atoms with Crippen molar-refractivity contribution in [3.8, 4) is 16.9 Å². The maximum Gasteiger partial charge on any atom is 0.317 e. The number of aromatic nitrogens is 2. The predicted octanol–water partition coefficient (Wildman–Crippen LogP) is 1.31. The first-order valence-electron chi connectivity index (χ1n) is 7.96. The normalized spacial score (nSPS) is 14.5. The monoisotopic (exact) mass is 329 g/mol. The minimum absolute atomic E-state index is 0.0717. The largest absolute Gasteiger partial charge is 0.492 e. The Labute approximate surface area is 141 Å². The van der Waals surface area contributed by atoms with Crippen LogP contribution in [-0.2, 0) is 11.8 Å². The maximum atomic E-state index is 11.9. The lowest BCUT2D eigenvalue weighted by Crippen LogP contribution is -2.47. The second-order valence-corrected chi connectivity index (χ2v) is 5.54. The zero-order valence-corrected chi connectivity index (χ0v) is 13.7. The molecule has 127 valence electrons. The summed E-state index contributed by atoms with van der Waals surface area (Å²) in [6.45, 7) is 3.32. The fraction of sp³-hybridized carbons (Fsp3) is 0.412. The van der Waals surface area contributed by atoms with Crippen molar-refractivity contribution in [2.45, 2.75) is 0 Å². The number of morpholine rings is 1. The number of aryl methyl sites for hydroxylation is 1. The summed E-state index contributed by atoms with van der Waals surface area (Å²) in [6.07, 6.45) is 3.74. The summed E-state index contributed by atoms with van der Waals surface area (Å²) >= 11 is 0. The van der Waals surface area contributed by atoms with Crippen LogP contribution in [0, 0.1) is 6.07 Å². The topological polar surface area (TPSA) is 68.6 Å². The van der Waals surface area contributed by atoms with Crippen LogP contribution < -0.4 is 10.1 Å². The molecule has 0 saturated carbocycles. The van der Waals surface area contributed by atoms with Gasteiger partial charge in [-0.3, -0.25) is 4.68 Å². The zero-order valence-electron chi connectivity index (χ0n) is 13.7. The van der Waals surface area contributed by atoms with Gasteiger partial charge in [0.25, 0.3) is 0 Å². The number of nitrogens with one attached hydrogen (secondary N) is 1. The standard InChI is InChI=1S/C17H21N4O3/c1-20-13-15(12-19-20)14-3-2-4-16(11-14)24-8-5-18-17(22)21-6-9-23-10-7-21/h3-4,11-13H,5-10H2,1H3,(H,18,22). The molecule has 1 radical (unpaired) electrons. The molecule has 1 aromatic heterocycles. The molecule has 2 amide bonds. The number of hydrogen-bond acceptors (Lipinski definition) is 4. The Hall–Kier alpha value is -2.54. The number of carbonyl (C=O) groups excluding carboxylic acids is 1. The Morgan fingerprint density at radius 2 is 2.21 bits per heavy atom. The smallest absolute Gasteiger partial charge is 0.317 e. The lowest BCUT2D eigenvalue weighted by atomic mass is 10.1. The Kier molecular flexibility index (Phi) is 5.32. The number of hydrogen-bond donors (Lipinski definition) is 1. The third-order valence-corrected chi connectivity index (χ3v) is 3.75.